The second-order valence-electron chi connectivity index (χ2n) is 6.63. The average Bonchev–Trinajstić information content (AvgIpc) is 2.88. The van der Waals surface area contributed by atoms with Crippen molar-refractivity contribution in [3.63, 3.8) is 0 Å². The third-order valence-corrected chi connectivity index (χ3v) is 6.04. The molecule has 0 fully saturated rings. The van der Waals surface area contributed by atoms with Gasteiger partial charge in [-0.25, -0.2) is 0 Å². The lowest BCUT2D eigenvalue weighted by Gasteiger charge is -2.18. The molecule has 0 saturated heterocycles. The summed E-state index contributed by atoms with van der Waals surface area (Å²) in [4.78, 5) is 9.47. The van der Waals surface area contributed by atoms with Crippen LogP contribution in [0.4, 0.5) is 5.69 Å². The molecule has 0 radical (unpaired) electrons. The summed E-state index contributed by atoms with van der Waals surface area (Å²) < 4.78 is 0. The summed E-state index contributed by atoms with van der Waals surface area (Å²) in [7, 11) is 2.12. The molecule has 3 aromatic carbocycles. The van der Waals surface area contributed by atoms with Gasteiger partial charge in [0.15, 0.2) is 0 Å². The van der Waals surface area contributed by atoms with Crippen LogP contribution in [0.1, 0.15) is 11.1 Å². The highest BCUT2D eigenvalue weighted by atomic mass is 35.5. The quantitative estimate of drug-likeness (QED) is 0.392. The van der Waals surface area contributed by atoms with Crippen molar-refractivity contribution in [1.82, 2.24) is 0 Å². The fourth-order valence-electron chi connectivity index (χ4n) is 3.20. The predicted octanol–water partition coefficient (Wildman–Crippen LogP) is 7.29. The molecule has 0 atom stereocenters. The number of benzene rings is 3. The van der Waals surface area contributed by atoms with E-state index in [-0.39, 0.29) is 24.8 Å². The van der Waals surface area contributed by atoms with E-state index in [4.69, 9.17) is 16.6 Å². The van der Waals surface area contributed by atoms with E-state index in [0.717, 1.165) is 23.8 Å². The number of hydrogen-bond acceptors (Lipinski definition) is 3. The Morgan fingerprint density at radius 3 is 2.40 bits per heavy atom. The summed E-state index contributed by atoms with van der Waals surface area (Å²) in [6.45, 7) is 1.73. The molecule has 156 valence electrons. The molecule has 1 aliphatic heterocycles. The van der Waals surface area contributed by atoms with Crippen molar-refractivity contribution < 1.29 is 0 Å². The second kappa shape index (κ2) is 11.5. The normalized spacial score (nSPS) is 13.0. The third-order valence-electron chi connectivity index (χ3n) is 4.69. The van der Waals surface area contributed by atoms with Gasteiger partial charge < -0.3 is 4.90 Å². The highest BCUT2D eigenvalue weighted by Gasteiger charge is 2.13. The Morgan fingerprint density at radius 2 is 1.60 bits per heavy atom. The molecule has 2 nitrogen and oxygen atoms in total. The van der Waals surface area contributed by atoms with Crippen molar-refractivity contribution in [1.29, 1.82) is 0 Å². The van der Waals surface area contributed by atoms with Crippen LogP contribution in [0.2, 0.25) is 5.02 Å². The van der Waals surface area contributed by atoms with Gasteiger partial charge in [-0.1, -0.05) is 65.8 Å². The van der Waals surface area contributed by atoms with Crippen molar-refractivity contribution in [3.8, 4) is 0 Å². The number of aliphatic imine (C=N–C) groups is 1. The maximum absolute atomic E-state index is 6.01. The molecule has 0 N–H and O–H groups in total. The molecule has 0 bridgehead atoms. The van der Waals surface area contributed by atoms with Crippen LogP contribution < -0.4 is 4.90 Å². The summed E-state index contributed by atoms with van der Waals surface area (Å²) in [6, 6.07) is 24.9. The van der Waals surface area contributed by atoms with Crippen LogP contribution in [0.15, 0.2) is 93.7 Å². The molecule has 1 aliphatic rings. The smallest absolute Gasteiger partial charge is 0.0668 e. The number of para-hydroxylation sites is 1. The molecule has 4 rings (SSSR count). The first-order chi connectivity index (χ1) is 13.7. The van der Waals surface area contributed by atoms with Crippen molar-refractivity contribution in [2.75, 3.05) is 25.0 Å². The van der Waals surface area contributed by atoms with E-state index < -0.39 is 0 Å². The van der Waals surface area contributed by atoms with Crippen LogP contribution in [-0.2, 0) is 0 Å². The van der Waals surface area contributed by atoms with E-state index in [0.29, 0.717) is 0 Å². The lowest BCUT2D eigenvalue weighted by molar-refractivity contribution is 0.897. The number of anilines is 1. The average molecular weight is 478 g/mol. The van der Waals surface area contributed by atoms with Crippen molar-refractivity contribution in [3.05, 3.63) is 95.0 Å². The zero-order valence-corrected chi connectivity index (χ0v) is 19.7. The maximum atomic E-state index is 6.01. The minimum atomic E-state index is 0. The predicted molar refractivity (Wildman–Crippen MR) is 137 cm³/mol. The van der Waals surface area contributed by atoms with E-state index in [1.165, 1.54) is 26.6 Å². The Morgan fingerprint density at radius 1 is 0.900 bits per heavy atom. The summed E-state index contributed by atoms with van der Waals surface area (Å²) in [5.74, 6) is 0. The number of hydrogen-bond donors (Lipinski definition) is 0. The first kappa shape index (κ1) is 24.4. The van der Waals surface area contributed by atoms with Gasteiger partial charge in [-0.15, -0.1) is 24.8 Å². The molecular formula is C24H23Cl3N2S. The number of rotatable bonds is 4. The fraction of sp³-hybridized carbons (Fsp3) is 0.125. The standard InChI is InChI=1S/C24H21ClN2S.2ClH/c1-27-17-16-26-22(21-7-3-4-8-23(21)27)15-10-18-6-2-5-9-24(18)28-20-13-11-19(25)12-14-20;;/h2-15H,16-17H2,1H3;2*1H/b15-10+;;. The number of nitrogens with zero attached hydrogens (tertiary/aromatic N) is 2. The Labute approximate surface area is 199 Å². The lowest BCUT2D eigenvalue weighted by Crippen LogP contribution is -2.20. The van der Waals surface area contributed by atoms with Gasteiger partial charge in [-0.3, -0.25) is 4.99 Å². The summed E-state index contributed by atoms with van der Waals surface area (Å²) in [6.07, 6.45) is 4.30. The summed E-state index contributed by atoms with van der Waals surface area (Å²) in [5, 5.41) is 0.757. The Bertz CT molecular complexity index is 1030. The largest absolute Gasteiger partial charge is 0.372 e. The highest BCUT2D eigenvalue weighted by molar-refractivity contribution is 7.99. The number of halogens is 3. The van der Waals surface area contributed by atoms with Gasteiger partial charge >= 0.3 is 0 Å². The first-order valence-electron chi connectivity index (χ1n) is 9.26. The van der Waals surface area contributed by atoms with Gasteiger partial charge in [0.2, 0.25) is 0 Å². The molecule has 0 aromatic heterocycles. The van der Waals surface area contributed by atoms with Crippen LogP contribution in [0.25, 0.3) is 6.08 Å². The van der Waals surface area contributed by atoms with E-state index in [2.05, 4.69) is 84.8 Å². The van der Waals surface area contributed by atoms with Gasteiger partial charge in [0.05, 0.1) is 12.3 Å². The first-order valence-corrected chi connectivity index (χ1v) is 10.5. The SMILES string of the molecule is CN1CCN=C(/C=C/c2ccccc2Sc2ccc(Cl)cc2)c2ccccc21.Cl.Cl. The topological polar surface area (TPSA) is 15.6 Å². The number of fused-ring (bicyclic) bond motifs is 1. The minimum absolute atomic E-state index is 0. The third kappa shape index (κ3) is 5.83. The molecule has 0 unspecified atom stereocenters. The van der Waals surface area contributed by atoms with E-state index in [1.54, 1.807) is 11.8 Å². The molecular weight excluding hydrogens is 455 g/mol. The summed E-state index contributed by atoms with van der Waals surface area (Å²) in [5.41, 5.74) is 4.63. The second-order valence-corrected chi connectivity index (χ2v) is 8.18. The Kier molecular flexibility index (Phi) is 9.32. The van der Waals surface area contributed by atoms with Gasteiger partial charge in [0.25, 0.3) is 0 Å². The maximum Gasteiger partial charge on any atom is 0.0668 e. The highest BCUT2D eigenvalue weighted by Crippen LogP contribution is 2.32. The molecule has 3 aromatic rings. The van der Waals surface area contributed by atoms with Crippen LogP contribution in [0.5, 0.6) is 0 Å². The van der Waals surface area contributed by atoms with Gasteiger partial charge in [-0.05, 0) is 48.0 Å². The van der Waals surface area contributed by atoms with E-state index >= 15 is 0 Å². The lowest BCUT2D eigenvalue weighted by atomic mass is 10.1. The zero-order valence-electron chi connectivity index (χ0n) is 16.5. The van der Waals surface area contributed by atoms with Gasteiger partial charge in [-0.2, -0.15) is 0 Å². The summed E-state index contributed by atoms with van der Waals surface area (Å²) >= 11 is 7.75. The fourth-order valence-corrected chi connectivity index (χ4v) is 4.25. The molecule has 0 aliphatic carbocycles. The molecule has 0 spiro atoms. The van der Waals surface area contributed by atoms with Crippen LogP contribution in [0.3, 0.4) is 0 Å². The van der Waals surface area contributed by atoms with Gasteiger partial charge in [0, 0.05) is 39.7 Å². The molecule has 0 amide bonds. The van der Waals surface area contributed by atoms with E-state index in [1.807, 2.05) is 12.1 Å². The number of allylic oxidation sites excluding steroid dienone is 1. The molecule has 1 heterocycles. The number of likely N-dealkylation sites (N-methyl/N-ethyl adjacent to an activating group) is 1. The minimum Gasteiger partial charge on any atom is -0.372 e. The Hall–Kier alpha value is -1.91. The van der Waals surface area contributed by atoms with Gasteiger partial charge in [0.1, 0.15) is 0 Å². The van der Waals surface area contributed by atoms with Crippen LogP contribution in [-0.4, -0.2) is 25.8 Å². The monoisotopic (exact) mass is 476 g/mol. The molecule has 6 heteroatoms. The van der Waals surface area contributed by atoms with E-state index in [9.17, 15) is 0 Å². The van der Waals surface area contributed by atoms with Crippen LogP contribution in [0, 0.1) is 0 Å². The van der Waals surface area contributed by atoms with Crippen molar-refractivity contribution in [2.24, 2.45) is 4.99 Å². The zero-order chi connectivity index (χ0) is 19.3. The van der Waals surface area contributed by atoms with Crippen LogP contribution >= 0.6 is 48.2 Å². The molecule has 0 saturated carbocycles. The number of benzodiazepines with no additional fused rings is 1. The Balaban J connectivity index is 0.00000160. The molecule has 30 heavy (non-hydrogen) atoms. The van der Waals surface area contributed by atoms with Crippen molar-refractivity contribution >= 4 is 65.7 Å². The van der Waals surface area contributed by atoms with Crippen molar-refractivity contribution in [2.45, 2.75) is 9.79 Å².